The van der Waals surface area contributed by atoms with Crippen LogP contribution in [-0.4, -0.2) is 40.5 Å². The second-order valence-electron chi connectivity index (χ2n) is 9.30. The second kappa shape index (κ2) is 14.6. The Morgan fingerprint density at radius 2 is 1.60 bits per heavy atom. The van der Waals surface area contributed by atoms with Crippen LogP contribution in [0.2, 0.25) is 0 Å². The molecule has 2 aromatic carbocycles. The highest BCUT2D eigenvalue weighted by atomic mass is 32.1. The van der Waals surface area contributed by atoms with E-state index >= 15 is 0 Å². The number of hydrogen-bond acceptors (Lipinski definition) is 6. The number of carbonyl (C=O) groups is 3. The third-order valence-corrected chi connectivity index (χ3v) is 7.20. The van der Waals surface area contributed by atoms with Gasteiger partial charge in [-0.05, 0) is 46.7 Å². The Kier molecular flexibility index (Phi) is 10.4. The summed E-state index contributed by atoms with van der Waals surface area (Å²) in [6, 6.07) is 25.1. The van der Waals surface area contributed by atoms with E-state index in [-0.39, 0.29) is 18.7 Å². The lowest BCUT2D eigenvalue weighted by Gasteiger charge is -2.23. The fourth-order valence-electron chi connectivity index (χ4n) is 4.28. The highest BCUT2D eigenvalue weighted by Gasteiger charge is 2.26. The van der Waals surface area contributed by atoms with Gasteiger partial charge in [0.15, 0.2) is 0 Å². The summed E-state index contributed by atoms with van der Waals surface area (Å²) in [5.41, 5.74) is 2.71. The van der Waals surface area contributed by atoms with E-state index < -0.39 is 24.0 Å². The van der Waals surface area contributed by atoms with E-state index in [1.54, 1.807) is 6.20 Å². The molecule has 2 heterocycles. The minimum Gasteiger partial charge on any atom is -0.481 e. The largest absolute Gasteiger partial charge is 0.481 e. The molecule has 0 aliphatic carbocycles. The number of nitrogens with one attached hydrogen (secondary N) is 3. The van der Waals surface area contributed by atoms with Crippen LogP contribution in [0.1, 0.15) is 35.7 Å². The summed E-state index contributed by atoms with van der Waals surface area (Å²) in [6.45, 7) is 0.561. The molecule has 0 radical (unpaired) electrons. The average Bonchev–Trinajstić information content (AvgIpc) is 3.49. The molecule has 0 aliphatic rings. The minimum atomic E-state index is -1.03. The van der Waals surface area contributed by atoms with Crippen LogP contribution in [0.3, 0.4) is 0 Å². The molecule has 2 amide bonds. The number of anilines is 1. The lowest BCUT2D eigenvalue weighted by atomic mass is 9.98. The highest BCUT2D eigenvalue weighted by Crippen LogP contribution is 2.24. The first-order valence-corrected chi connectivity index (χ1v) is 14.0. The summed E-state index contributed by atoms with van der Waals surface area (Å²) >= 11 is 1.50. The van der Waals surface area contributed by atoms with E-state index in [4.69, 9.17) is 0 Å². The van der Waals surface area contributed by atoms with E-state index in [9.17, 15) is 19.5 Å². The van der Waals surface area contributed by atoms with Gasteiger partial charge in [0.05, 0.1) is 12.5 Å². The molecule has 0 spiro atoms. The molecule has 40 heavy (non-hydrogen) atoms. The predicted octanol–water partition coefficient (Wildman–Crippen LogP) is 5.06. The first-order valence-electron chi connectivity index (χ1n) is 13.1. The van der Waals surface area contributed by atoms with E-state index in [0.717, 1.165) is 21.8 Å². The Balaban J connectivity index is 1.40. The quantitative estimate of drug-likeness (QED) is 0.161. The molecule has 0 bridgehead atoms. The number of nitrogens with zero attached hydrogens (tertiary/aromatic N) is 1. The summed E-state index contributed by atoms with van der Waals surface area (Å²) in [4.78, 5) is 43.0. The lowest BCUT2D eigenvalue weighted by molar-refractivity contribution is -0.138. The molecule has 1 unspecified atom stereocenters. The summed E-state index contributed by atoms with van der Waals surface area (Å²) in [7, 11) is 0. The van der Waals surface area contributed by atoms with Crippen molar-refractivity contribution in [3.63, 3.8) is 0 Å². The van der Waals surface area contributed by atoms with Crippen molar-refractivity contribution >= 4 is 34.9 Å². The second-order valence-corrected chi connectivity index (χ2v) is 10.3. The zero-order valence-electron chi connectivity index (χ0n) is 22.0. The molecule has 4 rings (SSSR count). The minimum absolute atomic E-state index is 0.230. The fourth-order valence-corrected chi connectivity index (χ4v) is 5.03. The molecule has 4 N–H and O–H groups in total. The number of aromatic nitrogens is 1. The van der Waals surface area contributed by atoms with Crippen molar-refractivity contribution in [2.24, 2.45) is 0 Å². The maximum Gasteiger partial charge on any atom is 0.305 e. The Bertz CT molecular complexity index is 1360. The van der Waals surface area contributed by atoms with Gasteiger partial charge < -0.3 is 21.1 Å². The van der Waals surface area contributed by atoms with Crippen LogP contribution in [0.25, 0.3) is 11.1 Å². The molecule has 0 saturated heterocycles. The van der Waals surface area contributed by atoms with Crippen LogP contribution in [0.4, 0.5) is 5.82 Å². The third kappa shape index (κ3) is 8.78. The number of carboxylic acid groups (broad SMARTS) is 1. The summed E-state index contributed by atoms with van der Waals surface area (Å²) in [6.07, 6.45) is 2.51. The SMILES string of the molecule is O=C(O)CC(NC(=O)[C@H](Cc1cccs1)NC(=O)CCCNc1ccccn1)c1ccc(-c2ccccc2)cc1. The number of rotatable bonds is 14. The molecule has 0 fully saturated rings. The monoisotopic (exact) mass is 556 g/mol. The number of aliphatic carboxylic acids is 1. The first-order chi connectivity index (χ1) is 19.5. The zero-order chi connectivity index (χ0) is 28.2. The van der Waals surface area contributed by atoms with Crippen LogP contribution in [-0.2, 0) is 20.8 Å². The van der Waals surface area contributed by atoms with Crippen molar-refractivity contribution in [2.75, 3.05) is 11.9 Å². The zero-order valence-corrected chi connectivity index (χ0v) is 22.8. The van der Waals surface area contributed by atoms with Crippen molar-refractivity contribution in [3.8, 4) is 11.1 Å². The maximum absolute atomic E-state index is 13.4. The molecule has 2 atom stereocenters. The third-order valence-electron chi connectivity index (χ3n) is 6.30. The number of hydrogen-bond donors (Lipinski definition) is 4. The van der Waals surface area contributed by atoms with Crippen LogP contribution in [0.5, 0.6) is 0 Å². The predicted molar refractivity (Wildman–Crippen MR) is 157 cm³/mol. The van der Waals surface area contributed by atoms with E-state index in [1.807, 2.05) is 90.3 Å². The Morgan fingerprint density at radius 3 is 2.27 bits per heavy atom. The van der Waals surface area contributed by atoms with Crippen LogP contribution in [0.15, 0.2) is 96.5 Å². The molecule has 9 heteroatoms. The van der Waals surface area contributed by atoms with Crippen LogP contribution >= 0.6 is 11.3 Å². The average molecular weight is 557 g/mol. The summed E-state index contributed by atoms with van der Waals surface area (Å²) in [5.74, 6) is -0.968. The molecule has 2 aromatic heterocycles. The summed E-state index contributed by atoms with van der Waals surface area (Å²) < 4.78 is 0. The van der Waals surface area contributed by atoms with Crippen molar-refractivity contribution in [3.05, 3.63) is 107 Å². The van der Waals surface area contributed by atoms with Gasteiger partial charge in [-0.3, -0.25) is 14.4 Å². The molecular weight excluding hydrogens is 524 g/mol. The molecule has 0 aliphatic heterocycles. The Hall–Kier alpha value is -4.50. The van der Waals surface area contributed by atoms with Gasteiger partial charge in [0.1, 0.15) is 11.9 Å². The first kappa shape index (κ1) is 28.5. The van der Waals surface area contributed by atoms with Crippen molar-refractivity contribution in [1.29, 1.82) is 0 Å². The van der Waals surface area contributed by atoms with Crippen molar-refractivity contribution in [1.82, 2.24) is 15.6 Å². The van der Waals surface area contributed by atoms with Gasteiger partial charge in [0.2, 0.25) is 11.8 Å². The molecule has 206 valence electrons. The van der Waals surface area contributed by atoms with Gasteiger partial charge in [-0.1, -0.05) is 66.7 Å². The van der Waals surface area contributed by atoms with Crippen LogP contribution in [0, 0.1) is 0 Å². The Labute approximate surface area is 237 Å². The standard InChI is InChI=1S/C31H32N4O4S/c36-29(12-6-18-33-28-11-4-5-17-32-28)34-27(20-25-10-7-19-40-25)31(39)35-26(21-30(37)38)24-15-13-23(14-16-24)22-8-2-1-3-9-22/h1-5,7-11,13-17,19,26-27H,6,12,18,20-21H2,(H,32,33)(H,34,36)(H,35,39)(H,37,38)/t26?,27-/m0/s1. The van der Waals surface area contributed by atoms with E-state index in [2.05, 4.69) is 20.9 Å². The lowest BCUT2D eigenvalue weighted by Crippen LogP contribution is -2.49. The van der Waals surface area contributed by atoms with Gasteiger partial charge in [-0.15, -0.1) is 11.3 Å². The highest BCUT2D eigenvalue weighted by molar-refractivity contribution is 7.09. The van der Waals surface area contributed by atoms with Crippen molar-refractivity contribution in [2.45, 2.75) is 37.8 Å². The topological polar surface area (TPSA) is 120 Å². The molecule has 0 saturated carbocycles. The summed E-state index contributed by atoms with van der Waals surface area (Å²) in [5, 5.41) is 20.4. The number of benzene rings is 2. The molecule has 8 nitrogen and oxygen atoms in total. The number of carbonyl (C=O) groups excluding carboxylic acids is 2. The number of carboxylic acids is 1. The molecular formula is C31H32N4O4S. The normalized spacial score (nSPS) is 12.2. The maximum atomic E-state index is 13.4. The number of amides is 2. The smallest absolute Gasteiger partial charge is 0.305 e. The number of thiophene rings is 1. The van der Waals surface area contributed by atoms with Gasteiger partial charge in [0, 0.05) is 30.5 Å². The van der Waals surface area contributed by atoms with Crippen LogP contribution < -0.4 is 16.0 Å². The fraction of sp³-hybridized carbons (Fsp3) is 0.226. The molecule has 4 aromatic rings. The Morgan fingerprint density at radius 1 is 0.850 bits per heavy atom. The van der Waals surface area contributed by atoms with Gasteiger partial charge >= 0.3 is 5.97 Å². The van der Waals surface area contributed by atoms with E-state index in [0.29, 0.717) is 24.9 Å². The van der Waals surface area contributed by atoms with E-state index in [1.165, 1.54) is 11.3 Å². The number of pyridine rings is 1. The van der Waals surface area contributed by atoms with Crippen molar-refractivity contribution < 1.29 is 19.5 Å². The van der Waals surface area contributed by atoms with Gasteiger partial charge in [-0.2, -0.15) is 0 Å². The van der Waals surface area contributed by atoms with Gasteiger partial charge in [0.25, 0.3) is 0 Å². The van der Waals surface area contributed by atoms with Gasteiger partial charge in [-0.25, -0.2) is 4.98 Å².